The van der Waals surface area contributed by atoms with Gasteiger partial charge in [-0.05, 0) is 60.9 Å². The van der Waals surface area contributed by atoms with Gasteiger partial charge in [0.05, 0.1) is 17.1 Å². The highest BCUT2D eigenvalue weighted by Gasteiger charge is 2.43. The molecule has 7 nitrogen and oxygen atoms in total. The van der Waals surface area contributed by atoms with Crippen LogP contribution in [0.3, 0.4) is 0 Å². The summed E-state index contributed by atoms with van der Waals surface area (Å²) in [5.74, 6) is -0.899. The topological polar surface area (TPSA) is 92.8 Å². The first-order valence-corrected chi connectivity index (χ1v) is 13.2. The molecule has 1 amide bonds. The summed E-state index contributed by atoms with van der Waals surface area (Å²) in [6, 6.07) is 21.7. The highest BCUT2D eigenvalue weighted by molar-refractivity contribution is 7.89. The van der Waals surface area contributed by atoms with E-state index in [9.17, 15) is 18.0 Å². The molecule has 4 rings (SSSR count). The molecule has 2 atom stereocenters. The number of carbonyl (C=O) groups is 2. The highest BCUT2D eigenvalue weighted by atomic mass is 32.2. The van der Waals surface area contributed by atoms with Gasteiger partial charge >= 0.3 is 5.97 Å². The SMILES string of the molecule is CCOC(=O)c1ccc(NC(=O)C2CC(S)CN2S(=O)(=O)c2ccc(-c3ccccc3)cc2)cc1. The molecule has 9 heteroatoms. The zero-order valence-electron chi connectivity index (χ0n) is 19.1. The molecule has 0 bridgehead atoms. The molecule has 0 spiro atoms. The van der Waals surface area contributed by atoms with E-state index in [1.807, 2.05) is 30.3 Å². The molecule has 3 aromatic rings. The summed E-state index contributed by atoms with van der Waals surface area (Å²) in [6.07, 6.45) is 0.289. The summed E-state index contributed by atoms with van der Waals surface area (Å²) in [4.78, 5) is 25.0. The Kier molecular flexibility index (Phi) is 7.59. The lowest BCUT2D eigenvalue weighted by molar-refractivity contribution is -0.119. The van der Waals surface area contributed by atoms with E-state index in [1.165, 1.54) is 4.31 Å². The maximum absolute atomic E-state index is 13.4. The number of sulfonamides is 1. The molecule has 0 aromatic heterocycles. The summed E-state index contributed by atoms with van der Waals surface area (Å²) in [7, 11) is -3.92. The fraction of sp³-hybridized carbons (Fsp3) is 0.231. The Hall–Kier alpha value is -3.14. The van der Waals surface area contributed by atoms with Crippen molar-refractivity contribution in [3.63, 3.8) is 0 Å². The van der Waals surface area contributed by atoms with Gasteiger partial charge in [0.1, 0.15) is 6.04 Å². The third-order valence-corrected chi connectivity index (χ3v) is 8.03. The Bertz CT molecular complexity index is 1290. The van der Waals surface area contributed by atoms with Crippen LogP contribution in [0.5, 0.6) is 0 Å². The van der Waals surface area contributed by atoms with Crippen molar-refractivity contribution in [1.82, 2.24) is 4.31 Å². The number of nitrogens with zero attached hydrogens (tertiary/aromatic N) is 1. The molecule has 3 aromatic carbocycles. The second-order valence-electron chi connectivity index (χ2n) is 8.16. The van der Waals surface area contributed by atoms with Gasteiger partial charge in [-0.3, -0.25) is 4.79 Å². The first-order valence-electron chi connectivity index (χ1n) is 11.2. The van der Waals surface area contributed by atoms with E-state index >= 15 is 0 Å². The highest BCUT2D eigenvalue weighted by Crippen LogP contribution is 2.31. The number of hydrogen-bond donors (Lipinski definition) is 2. The van der Waals surface area contributed by atoms with E-state index < -0.39 is 27.9 Å². The van der Waals surface area contributed by atoms with Crippen LogP contribution in [0, 0.1) is 0 Å². The van der Waals surface area contributed by atoms with Crippen LogP contribution in [0.2, 0.25) is 0 Å². The van der Waals surface area contributed by atoms with Gasteiger partial charge < -0.3 is 10.1 Å². The molecule has 1 aliphatic heterocycles. The molecule has 0 radical (unpaired) electrons. The number of hydrogen-bond acceptors (Lipinski definition) is 6. The number of amides is 1. The second kappa shape index (κ2) is 10.6. The van der Waals surface area contributed by atoms with Crippen LogP contribution in [-0.2, 0) is 19.6 Å². The van der Waals surface area contributed by atoms with Crippen LogP contribution in [-0.4, -0.2) is 49.0 Å². The monoisotopic (exact) mass is 510 g/mol. The normalized spacial score (nSPS) is 18.2. The first-order chi connectivity index (χ1) is 16.8. The third-order valence-electron chi connectivity index (χ3n) is 5.77. The van der Waals surface area contributed by atoms with Gasteiger partial charge in [0, 0.05) is 17.5 Å². The minimum absolute atomic E-state index is 0.121. The quantitative estimate of drug-likeness (QED) is 0.367. The van der Waals surface area contributed by atoms with E-state index in [0.717, 1.165) is 11.1 Å². The summed E-state index contributed by atoms with van der Waals surface area (Å²) < 4.78 is 33.0. The molecule has 182 valence electrons. The van der Waals surface area contributed by atoms with Gasteiger partial charge in [0.25, 0.3) is 0 Å². The van der Waals surface area contributed by atoms with Crippen LogP contribution in [0.1, 0.15) is 23.7 Å². The number of anilines is 1. The number of esters is 1. The zero-order chi connectivity index (χ0) is 25.0. The predicted molar refractivity (Wildman–Crippen MR) is 138 cm³/mol. The van der Waals surface area contributed by atoms with Crippen molar-refractivity contribution in [2.24, 2.45) is 0 Å². The van der Waals surface area contributed by atoms with Crippen molar-refractivity contribution < 1.29 is 22.7 Å². The van der Waals surface area contributed by atoms with Crippen LogP contribution >= 0.6 is 12.6 Å². The van der Waals surface area contributed by atoms with Gasteiger partial charge in [-0.25, -0.2) is 13.2 Å². The lowest BCUT2D eigenvalue weighted by Crippen LogP contribution is -2.43. The zero-order valence-corrected chi connectivity index (χ0v) is 20.8. The van der Waals surface area contributed by atoms with Crippen LogP contribution in [0.4, 0.5) is 5.69 Å². The smallest absolute Gasteiger partial charge is 0.338 e. The predicted octanol–water partition coefficient (Wildman–Crippen LogP) is 4.23. The molecule has 1 saturated heterocycles. The Morgan fingerprint density at radius 1 is 0.971 bits per heavy atom. The summed E-state index contributed by atoms with van der Waals surface area (Å²) in [5, 5.41) is 2.49. The van der Waals surface area contributed by atoms with E-state index in [-0.39, 0.29) is 29.7 Å². The van der Waals surface area contributed by atoms with Crippen molar-refractivity contribution in [2.75, 3.05) is 18.5 Å². The minimum Gasteiger partial charge on any atom is -0.462 e. The lowest BCUT2D eigenvalue weighted by Gasteiger charge is -2.23. The second-order valence-corrected chi connectivity index (χ2v) is 10.8. The van der Waals surface area contributed by atoms with Crippen molar-refractivity contribution >= 4 is 40.2 Å². The fourth-order valence-electron chi connectivity index (χ4n) is 4.00. The molecule has 1 aliphatic rings. The van der Waals surface area contributed by atoms with Crippen molar-refractivity contribution in [2.45, 2.75) is 29.5 Å². The number of carbonyl (C=O) groups excluding carboxylic acids is 2. The number of ether oxygens (including phenoxy) is 1. The van der Waals surface area contributed by atoms with Crippen LogP contribution < -0.4 is 5.32 Å². The van der Waals surface area contributed by atoms with Gasteiger partial charge in [-0.1, -0.05) is 42.5 Å². The summed E-state index contributed by atoms with van der Waals surface area (Å²) in [5.41, 5.74) is 2.71. The summed E-state index contributed by atoms with van der Waals surface area (Å²) in [6.45, 7) is 2.12. The maximum atomic E-state index is 13.4. The van der Waals surface area contributed by atoms with Crippen molar-refractivity contribution in [1.29, 1.82) is 0 Å². The largest absolute Gasteiger partial charge is 0.462 e. The Balaban J connectivity index is 1.51. The third kappa shape index (κ3) is 5.58. The van der Waals surface area contributed by atoms with E-state index in [2.05, 4.69) is 17.9 Å². The Morgan fingerprint density at radius 2 is 1.60 bits per heavy atom. The van der Waals surface area contributed by atoms with E-state index in [1.54, 1.807) is 55.5 Å². The van der Waals surface area contributed by atoms with Crippen LogP contribution in [0.25, 0.3) is 11.1 Å². The maximum Gasteiger partial charge on any atom is 0.338 e. The van der Waals surface area contributed by atoms with Gasteiger partial charge in [0.2, 0.25) is 15.9 Å². The van der Waals surface area contributed by atoms with Gasteiger partial charge in [0.15, 0.2) is 0 Å². The molecule has 1 N–H and O–H groups in total. The molecule has 2 unspecified atom stereocenters. The van der Waals surface area contributed by atoms with Gasteiger partial charge in [-0.15, -0.1) is 0 Å². The first kappa shape index (κ1) is 25.0. The number of thiol groups is 1. The molecular formula is C26H26N2O5S2. The molecular weight excluding hydrogens is 484 g/mol. The number of benzene rings is 3. The number of nitrogens with one attached hydrogen (secondary N) is 1. The number of rotatable bonds is 7. The van der Waals surface area contributed by atoms with E-state index in [0.29, 0.717) is 11.3 Å². The standard InChI is InChI=1S/C26H26N2O5S2/c1-2-33-26(30)20-8-12-21(13-9-20)27-25(29)24-16-22(34)17-28(24)35(31,32)23-14-10-19(11-15-23)18-6-4-3-5-7-18/h3-15,22,24,34H,2,16-17H2,1H3,(H,27,29). The lowest BCUT2D eigenvalue weighted by atomic mass is 10.1. The van der Waals surface area contributed by atoms with Crippen LogP contribution in [0.15, 0.2) is 83.8 Å². The molecule has 1 fully saturated rings. The minimum atomic E-state index is -3.92. The van der Waals surface area contributed by atoms with E-state index in [4.69, 9.17) is 4.74 Å². The van der Waals surface area contributed by atoms with Gasteiger partial charge in [-0.2, -0.15) is 16.9 Å². The molecule has 0 aliphatic carbocycles. The average Bonchev–Trinajstić information content (AvgIpc) is 3.28. The Morgan fingerprint density at radius 3 is 2.23 bits per heavy atom. The fourth-order valence-corrected chi connectivity index (χ4v) is 6.13. The van der Waals surface area contributed by atoms with Crippen molar-refractivity contribution in [3.05, 3.63) is 84.4 Å². The van der Waals surface area contributed by atoms with Crippen molar-refractivity contribution in [3.8, 4) is 11.1 Å². The Labute approximate surface area is 210 Å². The molecule has 1 heterocycles. The summed E-state index contributed by atoms with van der Waals surface area (Å²) >= 11 is 4.46. The average molecular weight is 511 g/mol. The molecule has 35 heavy (non-hydrogen) atoms. The molecule has 0 saturated carbocycles.